The van der Waals surface area contributed by atoms with Gasteiger partial charge in [0.1, 0.15) is 9.39 Å². The Kier molecular flexibility index (Phi) is 4.05. The highest BCUT2D eigenvalue weighted by atomic mass is 127. The Hall–Kier alpha value is -1.37. The summed E-state index contributed by atoms with van der Waals surface area (Å²) in [5, 5.41) is 19.1. The molecule has 0 aliphatic carbocycles. The van der Waals surface area contributed by atoms with Gasteiger partial charge in [-0.2, -0.15) is 5.26 Å². The molecule has 1 aromatic heterocycles. The maximum atomic E-state index is 12.6. The number of nitro groups is 1. The molecule has 0 bridgehead atoms. The molecule has 0 saturated carbocycles. The smallest absolute Gasteiger partial charge is 0.258 e. The van der Waals surface area contributed by atoms with Gasteiger partial charge in [-0.1, -0.05) is 0 Å². The Morgan fingerprint density at radius 2 is 2.31 bits per heavy atom. The summed E-state index contributed by atoms with van der Waals surface area (Å²) in [6.07, 6.45) is -3.39. The lowest BCUT2D eigenvalue weighted by Crippen LogP contribution is -2.05. The molecule has 8 heteroatoms. The molecule has 16 heavy (non-hydrogen) atoms. The Balaban J connectivity index is 3.48. The standard InChI is InChI=1S/C8H4F2IN3O2/c9-8(10)7-4(1-2-12)5(14(15)16)3-6(11)13-7/h3,8H,1H2. The summed E-state index contributed by atoms with van der Waals surface area (Å²) in [5.41, 5.74) is -1.50. The molecule has 0 fully saturated rings. The Morgan fingerprint density at radius 3 is 2.75 bits per heavy atom. The first-order valence-corrected chi connectivity index (χ1v) is 5.04. The van der Waals surface area contributed by atoms with Gasteiger partial charge in [0.15, 0.2) is 0 Å². The molecule has 0 amide bonds. The van der Waals surface area contributed by atoms with Crippen molar-refractivity contribution in [2.24, 2.45) is 0 Å². The summed E-state index contributed by atoms with van der Waals surface area (Å²) in [7, 11) is 0. The van der Waals surface area contributed by atoms with Crippen molar-refractivity contribution in [3.63, 3.8) is 0 Å². The summed E-state index contributed by atoms with van der Waals surface area (Å²) >= 11 is 1.61. The van der Waals surface area contributed by atoms with Crippen LogP contribution in [0.2, 0.25) is 0 Å². The molecule has 84 valence electrons. The zero-order valence-corrected chi connectivity index (χ0v) is 9.81. The van der Waals surface area contributed by atoms with Crippen molar-refractivity contribution in [3.8, 4) is 6.07 Å². The van der Waals surface area contributed by atoms with Gasteiger partial charge >= 0.3 is 0 Å². The monoisotopic (exact) mass is 339 g/mol. The highest BCUT2D eigenvalue weighted by molar-refractivity contribution is 14.1. The van der Waals surface area contributed by atoms with Gasteiger partial charge in [0.25, 0.3) is 12.1 Å². The first kappa shape index (κ1) is 12.7. The Labute approximate surface area is 102 Å². The predicted octanol–water partition coefficient (Wildman–Crippen LogP) is 2.60. The van der Waals surface area contributed by atoms with E-state index < -0.39 is 29.2 Å². The number of pyridine rings is 1. The Morgan fingerprint density at radius 1 is 1.69 bits per heavy atom. The first-order valence-electron chi connectivity index (χ1n) is 3.96. The van der Waals surface area contributed by atoms with E-state index in [1.807, 2.05) is 0 Å². The fourth-order valence-corrected chi connectivity index (χ4v) is 1.70. The summed E-state index contributed by atoms with van der Waals surface area (Å²) in [4.78, 5) is 13.4. The van der Waals surface area contributed by atoms with Crippen LogP contribution in [0.4, 0.5) is 14.5 Å². The van der Waals surface area contributed by atoms with E-state index in [9.17, 15) is 18.9 Å². The van der Waals surface area contributed by atoms with Gasteiger partial charge in [0, 0.05) is 6.07 Å². The van der Waals surface area contributed by atoms with Crippen LogP contribution in [-0.4, -0.2) is 9.91 Å². The molecule has 1 aromatic rings. The van der Waals surface area contributed by atoms with Gasteiger partial charge in [-0.15, -0.1) is 0 Å². The van der Waals surface area contributed by atoms with Crippen LogP contribution in [0.3, 0.4) is 0 Å². The van der Waals surface area contributed by atoms with Crippen LogP contribution in [-0.2, 0) is 6.42 Å². The fraction of sp³-hybridized carbons (Fsp3) is 0.250. The second-order valence-corrected chi connectivity index (χ2v) is 3.83. The van der Waals surface area contributed by atoms with Crippen molar-refractivity contribution in [2.75, 3.05) is 0 Å². The van der Waals surface area contributed by atoms with E-state index in [0.29, 0.717) is 0 Å². The van der Waals surface area contributed by atoms with Gasteiger partial charge in [-0.05, 0) is 22.6 Å². The molecule has 0 aromatic carbocycles. The third-order valence-electron chi connectivity index (χ3n) is 1.76. The van der Waals surface area contributed by atoms with Crippen molar-refractivity contribution in [2.45, 2.75) is 12.8 Å². The molecule has 0 aliphatic rings. The average Bonchev–Trinajstić information content (AvgIpc) is 2.19. The van der Waals surface area contributed by atoms with Crippen molar-refractivity contribution < 1.29 is 13.7 Å². The number of rotatable bonds is 3. The normalized spacial score (nSPS) is 10.2. The van der Waals surface area contributed by atoms with Crippen molar-refractivity contribution in [3.05, 3.63) is 31.1 Å². The number of nitriles is 1. The molecule has 0 N–H and O–H groups in total. The predicted molar refractivity (Wildman–Crippen MR) is 57.9 cm³/mol. The van der Waals surface area contributed by atoms with Crippen LogP contribution >= 0.6 is 22.6 Å². The SMILES string of the molecule is N#CCc1c([N+](=O)[O-])cc(I)nc1C(F)F. The highest BCUT2D eigenvalue weighted by Gasteiger charge is 2.25. The van der Waals surface area contributed by atoms with Crippen LogP contribution < -0.4 is 0 Å². The van der Waals surface area contributed by atoms with Gasteiger partial charge in [-0.25, -0.2) is 13.8 Å². The zero-order valence-electron chi connectivity index (χ0n) is 7.65. The number of halogens is 3. The first-order chi connectivity index (χ1) is 7.47. The van der Waals surface area contributed by atoms with E-state index in [4.69, 9.17) is 5.26 Å². The van der Waals surface area contributed by atoms with Crippen LogP contribution in [0.15, 0.2) is 6.07 Å². The molecule has 0 spiro atoms. The number of alkyl halides is 2. The minimum absolute atomic E-state index is 0.0984. The minimum atomic E-state index is -2.93. The average molecular weight is 339 g/mol. The zero-order chi connectivity index (χ0) is 12.3. The van der Waals surface area contributed by atoms with Crippen molar-refractivity contribution in [1.29, 1.82) is 5.26 Å². The van der Waals surface area contributed by atoms with Crippen molar-refractivity contribution in [1.82, 2.24) is 4.98 Å². The lowest BCUT2D eigenvalue weighted by molar-refractivity contribution is -0.385. The topological polar surface area (TPSA) is 79.8 Å². The largest absolute Gasteiger partial charge is 0.280 e. The van der Waals surface area contributed by atoms with Crippen LogP contribution in [0.25, 0.3) is 0 Å². The lowest BCUT2D eigenvalue weighted by atomic mass is 10.1. The molecule has 0 radical (unpaired) electrons. The summed E-state index contributed by atoms with van der Waals surface area (Å²) in [6, 6.07) is 2.68. The summed E-state index contributed by atoms with van der Waals surface area (Å²) in [6.45, 7) is 0. The second kappa shape index (κ2) is 5.11. The van der Waals surface area contributed by atoms with Gasteiger partial charge < -0.3 is 0 Å². The van der Waals surface area contributed by atoms with Crippen LogP contribution in [0.1, 0.15) is 17.7 Å². The Bertz CT molecular complexity index is 473. The van der Waals surface area contributed by atoms with E-state index >= 15 is 0 Å². The van der Waals surface area contributed by atoms with Crippen molar-refractivity contribution >= 4 is 28.3 Å². The minimum Gasteiger partial charge on any atom is -0.258 e. The lowest BCUT2D eigenvalue weighted by Gasteiger charge is -2.06. The molecule has 1 rings (SSSR count). The van der Waals surface area contributed by atoms with E-state index in [1.165, 1.54) is 0 Å². The second-order valence-electron chi connectivity index (χ2n) is 2.72. The highest BCUT2D eigenvalue weighted by Crippen LogP contribution is 2.29. The summed E-state index contributed by atoms with van der Waals surface area (Å²) in [5.74, 6) is 0. The molecule has 0 saturated heterocycles. The van der Waals surface area contributed by atoms with Gasteiger partial charge in [-0.3, -0.25) is 10.1 Å². The van der Waals surface area contributed by atoms with Crippen LogP contribution in [0, 0.1) is 25.1 Å². The van der Waals surface area contributed by atoms with Gasteiger partial charge in [0.05, 0.1) is 23.0 Å². The maximum Gasteiger partial charge on any atom is 0.280 e. The molecule has 0 atom stereocenters. The number of hydrogen-bond donors (Lipinski definition) is 0. The van der Waals surface area contributed by atoms with E-state index in [2.05, 4.69) is 4.98 Å². The third-order valence-corrected chi connectivity index (χ3v) is 2.31. The molecule has 5 nitrogen and oxygen atoms in total. The van der Waals surface area contributed by atoms with Crippen LogP contribution in [0.5, 0.6) is 0 Å². The van der Waals surface area contributed by atoms with Gasteiger partial charge in [0.2, 0.25) is 0 Å². The van der Waals surface area contributed by atoms with E-state index in [-0.39, 0.29) is 9.26 Å². The number of aromatic nitrogens is 1. The maximum absolute atomic E-state index is 12.6. The molecular formula is C8H4F2IN3O2. The number of nitrogens with zero attached hydrogens (tertiary/aromatic N) is 3. The van der Waals surface area contributed by atoms with E-state index in [0.717, 1.165) is 6.07 Å². The van der Waals surface area contributed by atoms with E-state index in [1.54, 1.807) is 28.7 Å². The quantitative estimate of drug-likeness (QED) is 0.367. The fourth-order valence-electron chi connectivity index (χ4n) is 1.15. The number of hydrogen-bond acceptors (Lipinski definition) is 4. The molecule has 1 heterocycles. The third kappa shape index (κ3) is 2.60. The molecule has 0 aliphatic heterocycles. The molecule has 0 unspecified atom stereocenters. The summed E-state index contributed by atoms with van der Waals surface area (Å²) < 4.78 is 25.3. The molecular weight excluding hydrogens is 335 g/mol.